The van der Waals surface area contributed by atoms with Gasteiger partial charge in [-0.2, -0.15) is 0 Å². The van der Waals surface area contributed by atoms with Gasteiger partial charge in [0.2, 0.25) is 0 Å². The molecule has 1 rings (SSSR count). The van der Waals surface area contributed by atoms with E-state index in [1.54, 1.807) is 6.07 Å². The molecule has 0 saturated heterocycles. The maximum absolute atomic E-state index is 11.8. The van der Waals surface area contributed by atoms with Crippen molar-refractivity contribution >= 4 is 11.8 Å². The van der Waals surface area contributed by atoms with Crippen molar-refractivity contribution in [2.24, 2.45) is 0 Å². The Kier molecular flexibility index (Phi) is 4.40. The zero-order valence-electron chi connectivity index (χ0n) is 10.3. The van der Waals surface area contributed by atoms with Gasteiger partial charge in [-0.1, -0.05) is 12.1 Å². The summed E-state index contributed by atoms with van der Waals surface area (Å²) in [7, 11) is 0. The van der Waals surface area contributed by atoms with Crippen LogP contribution in [0.4, 0.5) is 0 Å². The van der Waals surface area contributed by atoms with Crippen molar-refractivity contribution in [2.45, 2.75) is 26.8 Å². The average Bonchev–Trinajstić information content (AvgIpc) is 2.28. The zero-order valence-corrected chi connectivity index (χ0v) is 10.3. The Morgan fingerprint density at radius 3 is 2.47 bits per heavy atom. The molecular formula is C13H17NO3. The van der Waals surface area contributed by atoms with Crippen LogP contribution in [0.5, 0.6) is 0 Å². The first kappa shape index (κ1) is 13.4. The zero-order chi connectivity index (χ0) is 13.0. The standard InChI is InChI=1S/C13H17NO3/c1-8-4-5-11(6-9(8)2)12(15)7-14-10(3)13(16)17/h4-6,10,14H,7H2,1-3H3,(H,16,17). The fourth-order valence-electron chi connectivity index (χ4n) is 1.35. The van der Waals surface area contributed by atoms with Crippen LogP contribution in [0.25, 0.3) is 0 Å². The van der Waals surface area contributed by atoms with Crippen molar-refractivity contribution in [1.82, 2.24) is 5.32 Å². The highest BCUT2D eigenvalue weighted by Crippen LogP contribution is 2.10. The summed E-state index contributed by atoms with van der Waals surface area (Å²) in [4.78, 5) is 22.4. The van der Waals surface area contributed by atoms with E-state index in [1.165, 1.54) is 6.92 Å². The number of carboxylic acid groups (broad SMARTS) is 1. The minimum absolute atomic E-state index is 0.0377. The minimum atomic E-state index is -0.960. The van der Waals surface area contributed by atoms with E-state index in [2.05, 4.69) is 5.32 Å². The van der Waals surface area contributed by atoms with Crippen LogP contribution in [-0.4, -0.2) is 29.4 Å². The number of benzene rings is 1. The lowest BCUT2D eigenvalue weighted by Gasteiger charge is -2.09. The van der Waals surface area contributed by atoms with Gasteiger partial charge in [-0.25, -0.2) is 0 Å². The molecule has 0 amide bonds. The molecule has 0 bridgehead atoms. The van der Waals surface area contributed by atoms with Crippen LogP contribution in [0.3, 0.4) is 0 Å². The molecule has 17 heavy (non-hydrogen) atoms. The average molecular weight is 235 g/mol. The first-order valence-corrected chi connectivity index (χ1v) is 5.48. The molecule has 0 spiro atoms. The van der Waals surface area contributed by atoms with E-state index in [0.717, 1.165) is 11.1 Å². The van der Waals surface area contributed by atoms with Crippen LogP contribution >= 0.6 is 0 Å². The number of aryl methyl sites for hydroxylation is 2. The third-order valence-corrected chi connectivity index (χ3v) is 2.77. The fourth-order valence-corrected chi connectivity index (χ4v) is 1.35. The minimum Gasteiger partial charge on any atom is -0.480 e. The number of rotatable bonds is 5. The third kappa shape index (κ3) is 3.67. The van der Waals surface area contributed by atoms with Gasteiger partial charge in [-0.05, 0) is 38.0 Å². The molecule has 1 aromatic carbocycles. The number of nitrogens with one attached hydrogen (secondary N) is 1. The predicted molar refractivity (Wildman–Crippen MR) is 65.3 cm³/mol. The number of Topliss-reactive ketones (excluding diaryl/α,β-unsaturated/α-hetero) is 1. The van der Waals surface area contributed by atoms with Crippen LogP contribution in [-0.2, 0) is 4.79 Å². The highest BCUT2D eigenvalue weighted by Gasteiger charge is 2.13. The number of carbonyl (C=O) groups is 2. The SMILES string of the molecule is Cc1ccc(C(=O)CNC(C)C(=O)O)cc1C. The summed E-state index contributed by atoms with van der Waals surface area (Å²) in [5.41, 5.74) is 2.80. The molecule has 0 radical (unpaired) electrons. The van der Waals surface area contributed by atoms with Crippen LogP contribution in [0.15, 0.2) is 18.2 Å². The number of hydrogen-bond donors (Lipinski definition) is 2. The lowest BCUT2D eigenvalue weighted by Crippen LogP contribution is -2.37. The highest BCUT2D eigenvalue weighted by atomic mass is 16.4. The van der Waals surface area contributed by atoms with E-state index in [-0.39, 0.29) is 12.3 Å². The van der Waals surface area contributed by atoms with Gasteiger partial charge in [0.1, 0.15) is 6.04 Å². The van der Waals surface area contributed by atoms with Crippen LogP contribution in [0, 0.1) is 13.8 Å². The van der Waals surface area contributed by atoms with E-state index in [4.69, 9.17) is 5.11 Å². The van der Waals surface area contributed by atoms with E-state index in [9.17, 15) is 9.59 Å². The summed E-state index contributed by atoms with van der Waals surface area (Å²) < 4.78 is 0. The Hall–Kier alpha value is -1.68. The second-order valence-electron chi connectivity index (χ2n) is 4.16. The molecule has 1 atom stereocenters. The third-order valence-electron chi connectivity index (χ3n) is 2.77. The summed E-state index contributed by atoms with van der Waals surface area (Å²) in [5.74, 6) is -1.06. The molecule has 92 valence electrons. The monoisotopic (exact) mass is 235 g/mol. The molecule has 1 unspecified atom stereocenters. The Labute approximate surface area is 101 Å². The normalized spacial score (nSPS) is 12.2. The van der Waals surface area contributed by atoms with Gasteiger partial charge < -0.3 is 5.11 Å². The first-order valence-electron chi connectivity index (χ1n) is 5.48. The number of carbonyl (C=O) groups excluding carboxylic acids is 1. The van der Waals surface area contributed by atoms with E-state index in [0.29, 0.717) is 5.56 Å². The van der Waals surface area contributed by atoms with Crippen molar-refractivity contribution in [1.29, 1.82) is 0 Å². The van der Waals surface area contributed by atoms with Gasteiger partial charge in [-0.15, -0.1) is 0 Å². The van der Waals surface area contributed by atoms with Crippen LogP contribution in [0.2, 0.25) is 0 Å². The van der Waals surface area contributed by atoms with E-state index in [1.807, 2.05) is 26.0 Å². The Morgan fingerprint density at radius 2 is 1.94 bits per heavy atom. The molecule has 0 aliphatic heterocycles. The second-order valence-corrected chi connectivity index (χ2v) is 4.16. The van der Waals surface area contributed by atoms with Gasteiger partial charge in [0.05, 0.1) is 6.54 Å². The molecule has 0 saturated carbocycles. The lowest BCUT2D eigenvalue weighted by molar-refractivity contribution is -0.138. The summed E-state index contributed by atoms with van der Waals surface area (Å²) in [6.45, 7) is 5.47. The van der Waals surface area contributed by atoms with Crippen molar-refractivity contribution in [3.63, 3.8) is 0 Å². The quantitative estimate of drug-likeness (QED) is 0.760. The van der Waals surface area contributed by atoms with Gasteiger partial charge in [0, 0.05) is 5.56 Å². The van der Waals surface area contributed by atoms with Crippen molar-refractivity contribution in [2.75, 3.05) is 6.54 Å². The largest absolute Gasteiger partial charge is 0.480 e. The molecule has 4 heteroatoms. The number of aliphatic carboxylic acids is 1. The molecule has 0 heterocycles. The maximum atomic E-state index is 11.8. The predicted octanol–water partition coefficient (Wildman–Crippen LogP) is 1.55. The molecule has 0 aliphatic carbocycles. The molecule has 0 aliphatic rings. The summed E-state index contributed by atoms with van der Waals surface area (Å²) >= 11 is 0. The van der Waals surface area contributed by atoms with Crippen LogP contribution < -0.4 is 5.32 Å². The fraction of sp³-hybridized carbons (Fsp3) is 0.385. The number of hydrogen-bond acceptors (Lipinski definition) is 3. The first-order chi connectivity index (χ1) is 7.91. The lowest BCUT2D eigenvalue weighted by atomic mass is 10.0. The number of ketones is 1. The van der Waals surface area contributed by atoms with Crippen LogP contribution in [0.1, 0.15) is 28.4 Å². The summed E-state index contributed by atoms with van der Waals surface area (Å²) in [6, 6.07) is 4.76. The molecule has 4 nitrogen and oxygen atoms in total. The van der Waals surface area contributed by atoms with Gasteiger partial charge >= 0.3 is 5.97 Å². The van der Waals surface area contributed by atoms with E-state index < -0.39 is 12.0 Å². The molecule has 2 N–H and O–H groups in total. The van der Waals surface area contributed by atoms with Gasteiger partial charge in [0.15, 0.2) is 5.78 Å². The second kappa shape index (κ2) is 5.59. The maximum Gasteiger partial charge on any atom is 0.320 e. The molecule has 1 aromatic rings. The summed E-state index contributed by atoms with van der Waals surface area (Å²) in [6.07, 6.45) is 0. The van der Waals surface area contributed by atoms with E-state index >= 15 is 0 Å². The Balaban J connectivity index is 2.64. The Bertz CT molecular complexity index is 440. The molecule has 0 fully saturated rings. The van der Waals surface area contributed by atoms with Gasteiger partial charge in [0.25, 0.3) is 0 Å². The van der Waals surface area contributed by atoms with Gasteiger partial charge in [-0.3, -0.25) is 14.9 Å². The summed E-state index contributed by atoms with van der Waals surface area (Å²) in [5, 5.41) is 11.3. The molecule has 0 aromatic heterocycles. The topological polar surface area (TPSA) is 66.4 Å². The highest BCUT2D eigenvalue weighted by molar-refractivity contribution is 5.98. The van der Waals surface area contributed by atoms with Crippen molar-refractivity contribution in [3.05, 3.63) is 34.9 Å². The molecular weight excluding hydrogens is 218 g/mol. The smallest absolute Gasteiger partial charge is 0.320 e. The van der Waals surface area contributed by atoms with Crippen molar-refractivity contribution in [3.8, 4) is 0 Å². The van der Waals surface area contributed by atoms with Crippen molar-refractivity contribution < 1.29 is 14.7 Å². The Morgan fingerprint density at radius 1 is 1.29 bits per heavy atom. The number of carboxylic acids is 1.